The van der Waals surface area contributed by atoms with Gasteiger partial charge in [0.1, 0.15) is 0 Å². The van der Waals surface area contributed by atoms with Crippen LogP contribution in [0.3, 0.4) is 0 Å². The average Bonchev–Trinajstić information content (AvgIpc) is 2.73. The molecule has 30 heavy (non-hydrogen) atoms. The van der Waals surface area contributed by atoms with Gasteiger partial charge in [0.05, 0.1) is 19.8 Å². The van der Waals surface area contributed by atoms with Crippen LogP contribution in [0.4, 0.5) is 0 Å². The average molecular weight is 425 g/mol. The molecule has 0 amide bonds. The fourth-order valence-corrected chi connectivity index (χ4v) is 4.53. The molecule has 1 fully saturated rings. The molecule has 0 bridgehead atoms. The van der Waals surface area contributed by atoms with Crippen molar-refractivity contribution in [1.82, 2.24) is 0 Å². The molecular formula is C28H56O2. The molecule has 0 saturated carbocycles. The van der Waals surface area contributed by atoms with Gasteiger partial charge in [-0.1, -0.05) is 136 Å². The van der Waals surface area contributed by atoms with Crippen molar-refractivity contribution in [3.63, 3.8) is 0 Å². The van der Waals surface area contributed by atoms with Crippen LogP contribution in [0.1, 0.15) is 149 Å². The fraction of sp³-hybridized carbons (Fsp3) is 1.00. The van der Waals surface area contributed by atoms with Crippen molar-refractivity contribution in [1.29, 1.82) is 0 Å². The van der Waals surface area contributed by atoms with Crippen LogP contribution in [-0.4, -0.2) is 26.4 Å². The first-order valence-electron chi connectivity index (χ1n) is 14.0. The first-order valence-corrected chi connectivity index (χ1v) is 14.0. The van der Waals surface area contributed by atoms with E-state index in [2.05, 4.69) is 13.8 Å². The lowest BCUT2D eigenvalue weighted by atomic mass is 9.84. The maximum Gasteiger partial charge on any atom is 0.0566 e. The number of unbranched alkanes of at least 4 members (excludes halogenated alkanes) is 19. The monoisotopic (exact) mass is 424 g/mol. The Labute approximate surface area is 190 Å². The molecule has 1 saturated heterocycles. The van der Waals surface area contributed by atoms with E-state index in [1.807, 2.05) is 0 Å². The lowest BCUT2D eigenvalue weighted by Gasteiger charge is -2.40. The molecule has 0 unspecified atom stereocenters. The van der Waals surface area contributed by atoms with E-state index >= 15 is 0 Å². The van der Waals surface area contributed by atoms with Gasteiger partial charge in [-0.2, -0.15) is 0 Å². The highest BCUT2D eigenvalue weighted by molar-refractivity contribution is 4.83. The van der Waals surface area contributed by atoms with Gasteiger partial charge in [-0.05, 0) is 12.8 Å². The number of hydrogen-bond acceptors (Lipinski definition) is 2. The van der Waals surface area contributed by atoms with Crippen LogP contribution in [-0.2, 0) is 9.47 Å². The summed E-state index contributed by atoms with van der Waals surface area (Å²) in [4.78, 5) is 0. The van der Waals surface area contributed by atoms with E-state index in [1.165, 1.54) is 135 Å². The van der Waals surface area contributed by atoms with Crippen molar-refractivity contribution in [3.8, 4) is 0 Å². The van der Waals surface area contributed by atoms with Gasteiger partial charge in [-0.3, -0.25) is 0 Å². The largest absolute Gasteiger partial charge is 0.381 e. The Balaban J connectivity index is 1.65. The molecule has 0 radical (unpaired) electrons. The summed E-state index contributed by atoms with van der Waals surface area (Å²) < 4.78 is 11.2. The second-order valence-electron chi connectivity index (χ2n) is 10.1. The van der Waals surface area contributed by atoms with Gasteiger partial charge in [0.15, 0.2) is 0 Å². The normalized spacial score (nSPS) is 15.4. The SMILES string of the molecule is CCCCCCCCCCCCCCCCCCCCCCOCC1(CC)COC1. The molecule has 0 aromatic carbocycles. The molecule has 0 aromatic heterocycles. The van der Waals surface area contributed by atoms with Gasteiger partial charge in [0.2, 0.25) is 0 Å². The number of hydrogen-bond donors (Lipinski definition) is 0. The predicted octanol–water partition coefficient (Wildman–Crippen LogP) is 9.25. The quantitative estimate of drug-likeness (QED) is 0.144. The van der Waals surface area contributed by atoms with E-state index in [1.54, 1.807) is 0 Å². The smallest absolute Gasteiger partial charge is 0.0566 e. The van der Waals surface area contributed by atoms with E-state index in [0.717, 1.165) is 26.4 Å². The van der Waals surface area contributed by atoms with E-state index < -0.39 is 0 Å². The second kappa shape index (κ2) is 20.8. The van der Waals surface area contributed by atoms with Crippen molar-refractivity contribution >= 4 is 0 Å². The van der Waals surface area contributed by atoms with Gasteiger partial charge in [-0.15, -0.1) is 0 Å². The van der Waals surface area contributed by atoms with Crippen molar-refractivity contribution < 1.29 is 9.47 Å². The van der Waals surface area contributed by atoms with E-state index in [4.69, 9.17) is 9.47 Å². The summed E-state index contributed by atoms with van der Waals surface area (Å²) in [5, 5.41) is 0. The minimum Gasteiger partial charge on any atom is -0.381 e. The molecule has 0 aromatic rings. The molecule has 0 N–H and O–H groups in total. The van der Waals surface area contributed by atoms with Gasteiger partial charge in [0.25, 0.3) is 0 Å². The Morgan fingerprint density at radius 3 is 1.20 bits per heavy atom. The van der Waals surface area contributed by atoms with Crippen LogP contribution in [0.2, 0.25) is 0 Å². The molecule has 1 rings (SSSR count). The van der Waals surface area contributed by atoms with E-state index in [0.29, 0.717) is 5.41 Å². The Hall–Kier alpha value is -0.0800. The first kappa shape index (κ1) is 28.0. The van der Waals surface area contributed by atoms with Crippen LogP contribution in [0.5, 0.6) is 0 Å². The summed E-state index contributed by atoms with van der Waals surface area (Å²) in [5.41, 5.74) is 0.355. The lowest BCUT2D eigenvalue weighted by molar-refractivity contribution is -0.150. The molecule has 0 atom stereocenters. The van der Waals surface area contributed by atoms with Gasteiger partial charge in [-0.25, -0.2) is 0 Å². The fourth-order valence-electron chi connectivity index (χ4n) is 4.53. The molecule has 1 aliphatic heterocycles. The minimum atomic E-state index is 0.355. The zero-order chi connectivity index (χ0) is 21.6. The van der Waals surface area contributed by atoms with Crippen LogP contribution >= 0.6 is 0 Å². The van der Waals surface area contributed by atoms with Gasteiger partial charge < -0.3 is 9.47 Å². The molecule has 1 heterocycles. The Morgan fingerprint density at radius 1 is 0.533 bits per heavy atom. The Bertz CT molecular complexity index is 332. The Morgan fingerprint density at radius 2 is 0.900 bits per heavy atom. The Kier molecular flexibility index (Phi) is 19.4. The van der Waals surface area contributed by atoms with Crippen LogP contribution in [0.25, 0.3) is 0 Å². The van der Waals surface area contributed by atoms with Crippen molar-refractivity contribution in [3.05, 3.63) is 0 Å². The molecule has 2 heteroatoms. The minimum absolute atomic E-state index is 0.355. The van der Waals surface area contributed by atoms with Gasteiger partial charge in [0, 0.05) is 12.0 Å². The highest BCUT2D eigenvalue weighted by Gasteiger charge is 2.36. The van der Waals surface area contributed by atoms with Crippen molar-refractivity contribution in [2.24, 2.45) is 5.41 Å². The second-order valence-corrected chi connectivity index (χ2v) is 10.1. The predicted molar refractivity (Wildman–Crippen MR) is 132 cm³/mol. The van der Waals surface area contributed by atoms with Crippen LogP contribution in [0.15, 0.2) is 0 Å². The lowest BCUT2D eigenvalue weighted by Crippen LogP contribution is -2.45. The zero-order valence-corrected chi connectivity index (χ0v) is 21.0. The van der Waals surface area contributed by atoms with Crippen LogP contribution in [0, 0.1) is 5.41 Å². The maximum absolute atomic E-state index is 5.89. The molecule has 0 aliphatic carbocycles. The molecule has 2 nitrogen and oxygen atoms in total. The van der Waals surface area contributed by atoms with Gasteiger partial charge >= 0.3 is 0 Å². The summed E-state index contributed by atoms with van der Waals surface area (Å²) in [6, 6.07) is 0. The zero-order valence-electron chi connectivity index (χ0n) is 21.0. The molecule has 0 spiro atoms. The van der Waals surface area contributed by atoms with Crippen LogP contribution < -0.4 is 0 Å². The number of rotatable bonds is 24. The van der Waals surface area contributed by atoms with E-state index in [-0.39, 0.29) is 0 Å². The summed E-state index contributed by atoms with van der Waals surface area (Å²) in [6.07, 6.45) is 29.9. The molecule has 180 valence electrons. The van der Waals surface area contributed by atoms with Crippen molar-refractivity contribution in [2.75, 3.05) is 26.4 Å². The maximum atomic E-state index is 5.89. The third kappa shape index (κ3) is 15.7. The summed E-state index contributed by atoms with van der Waals surface area (Å²) >= 11 is 0. The third-order valence-electron chi connectivity index (χ3n) is 7.12. The molecular weight excluding hydrogens is 368 g/mol. The summed E-state index contributed by atoms with van der Waals surface area (Å²) in [5.74, 6) is 0. The van der Waals surface area contributed by atoms with Crippen molar-refractivity contribution in [2.45, 2.75) is 149 Å². The summed E-state index contributed by atoms with van der Waals surface area (Å²) in [6.45, 7) is 8.22. The topological polar surface area (TPSA) is 18.5 Å². The first-order chi connectivity index (χ1) is 14.8. The highest BCUT2D eigenvalue weighted by atomic mass is 16.5. The standard InChI is InChI=1S/C28H56O2/c1-3-5-6-7-8-9-10-11-12-13-14-15-16-17-18-19-20-21-22-23-24-29-25-28(4-2)26-30-27-28/h3-27H2,1-2H3. The summed E-state index contributed by atoms with van der Waals surface area (Å²) in [7, 11) is 0. The molecule has 1 aliphatic rings. The number of ether oxygens (including phenoxy) is 2. The third-order valence-corrected chi connectivity index (χ3v) is 7.12. The highest BCUT2D eigenvalue weighted by Crippen LogP contribution is 2.31. The van der Waals surface area contributed by atoms with E-state index in [9.17, 15) is 0 Å².